The number of aliphatic hydroxyl groups is 1. The Morgan fingerprint density at radius 2 is 2.09 bits per heavy atom. The van der Waals surface area contributed by atoms with Crippen molar-refractivity contribution in [2.45, 2.75) is 18.9 Å². The summed E-state index contributed by atoms with van der Waals surface area (Å²) >= 11 is 0. The van der Waals surface area contributed by atoms with Gasteiger partial charge >= 0.3 is 0 Å². The first-order chi connectivity index (χ1) is 10.4. The maximum absolute atomic E-state index is 11.0. The highest BCUT2D eigenvalue weighted by atomic mass is 16.5. The van der Waals surface area contributed by atoms with Crippen molar-refractivity contribution in [2.75, 3.05) is 44.2 Å². The summed E-state index contributed by atoms with van der Waals surface area (Å²) in [6, 6.07) is 6.16. The lowest BCUT2D eigenvalue weighted by Crippen LogP contribution is -2.49. The van der Waals surface area contributed by atoms with E-state index in [1.54, 1.807) is 6.92 Å². The number of hydrogen-bond donors (Lipinski definition) is 2. The van der Waals surface area contributed by atoms with Crippen molar-refractivity contribution in [3.8, 4) is 5.75 Å². The topological polar surface area (TPSA) is 79.0 Å². The van der Waals surface area contributed by atoms with E-state index in [1.165, 1.54) is 0 Å². The van der Waals surface area contributed by atoms with Crippen molar-refractivity contribution in [3.05, 3.63) is 23.8 Å². The van der Waals surface area contributed by atoms with Crippen LogP contribution in [-0.4, -0.2) is 60.8 Å². The van der Waals surface area contributed by atoms with Gasteiger partial charge in [0.1, 0.15) is 12.4 Å². The normalized spacial score (nSPS) is 25.5. The first-order valence-corrected chi connectivity index (χ1v) is 7.67. The minimum atomic E-state index is -0.783. The smallest absolute Gasteiger partial charge is 0.231 e. The molecule has 6 heteroatoms. The minimum absolute atomic E-state index is 0.275. The highest BCUT2D eigenvalue weighted by molar-refractivity contribution is 5.76. The molecule has 1 aromatic carbocycles. The number of anilines is 1. The Bertz CT molecular complexity index is 566. The van der Waals surface area contributed by atoms with Crippen LogP contribution in [0.1, 0.15) is 12.5 Å². The average molecular weight is 305 g/mol. The van der Waals surface area contributed by atoms with Gasteiger partial charge in [0.05, 0.1) is 12.1 Å². The number of nitrogens with zero attached hydrogens (tertiary/aromatic N) is 2. The van der Waals surface area contributed by atoms with Gasteiger partial charge in [0.15, 0.2) is 0 Å². The summed E-state index contributed by atoms with van der Waals surface area (Å²) in [6.45, 7) is 5.84. The second-order valence-electron chi connectivity index (χ2n) is 6.48. The second kappa shape index (κ2) is 5.78. The molecular formula is C16H23N3O3. The highest BCUT2D eigenvalue weighted by Crippen LogP contribution is 2.33. The van der Waals surface area contributed by atoms with E-state index in [2.05, 4.69) is 15.9 Å². The number of fused-ring (bicyclic) bond motifs is 1. The molecule has 0 aliphatic carbocycles. The number of hydrogen-bond acceptors (Lipinski definition) is 5. The predicted molar refractivity (Wildman–Crippen MR) is 84.1 cm³/mol. The van der Waals surface area contributed by atoms with Gasteiger partial charge in [0.2, 0.25) is 5.91 Å². The van der Waals surface area contributed by atoms with Crippen LogP contribution in [0, 0.1) is 0 Å². The molecule has 1 amide bonds. The molecule has 1 fully saturated rings. The molecule has 22 heavy (non-hydrogen) atoms. The van der Waals surface area contributed by atoms with Gasteiger partial charge in [-0.25, -0.2) is 0 Å². The predicted octanol–water partition coefficient (Wildman–Crippen LogP) is -0.0202. The van der Waals surface area contributed by atoms with Crippen molar-refractivity contribution < 1.29 is 14.6 Å². The summed E-state index contributed by atoms with van der Waals surface area (Å²) < 4.78 is 5.70. The first kappa shape index (κ1) is 15.1. The lowest BCUT2D eigenvalue weighted by Gasteiger charge is -2.36. The molecule has 1 aromatic rings. The molecule has 120 valence electrons. The Morgan fingerprint density at radius 3 is 2.77 bits per heavy atom. The van der Waals surface area contributed by atoms with Gasteiger partial charge in [-0.2, -0.15) is 0 Å². The standard InChI is InChI=1S/C16H23N3O3/c1-16(21)9-12-2-3-13(8-14(12)22-11-16)19-6-4-18(5-7-19)10-15(17)20/h2-3,8,21H,4-7,9-11H2,1H3,(H2,17,20). The van der Waals surface area contributed by atoms with E-state index in [4.69, 9.17) is 10.5 Å². The quantitative estimate of drug-likeness (QED) is 0.820. The van der Waals surface area contributed by atoms with Gasteiger partial charge < -0.3 is 20.5 Å². The highest BCUT2D eigenvalue weighted by Gasteiger charge is 2.29. The van der Waals surface area contributed by atoms with Crippen LogP contribution in [0.15, 0.2) is 18.2 Å². The van der Waals surface area contributed by atoms with Crippen molar-refractivity contribution in [2.24, 2.45) is 5.73 Å². The number of nitrogens with two attached hydrogens (primary N) is 1. The minimum Gasteiger partial charge on any atom is -0.490 e. The van der Waals surface area contributed by atoms with Crippen molar-refractivity contribution in [3.63, 3.8) is 0 Å². The lowest BCUT2D eigenvalue weighted by atomic mass is 9.94. The van der Waals surface area contributed by atoms with E-state index in [0.717, 1.165) is 43.2 Å². The van der Waals surface area contributed by atoms with Crippen LogP contribution in [0.25, 0.3) is 0 Å². The summed E-state index contributed by atoms with van der Waals surface area (Å²) in [4.78, 5) is 15.3. The number of carbonyl (C=O) groups excluding carboxylic acids is 1. The Balaban J connectivity index is 1.66. The maximum atomic E-state index is 11.0. The van der Waals surface area contributed by atoms with Crippen LogP contribution in [-0.2, 0) is 11.2 Å². The summed E-state index contributed by atoms with van der Waals surface area (Å²) in [7, 11) is 0. The molecule has 1 unspecified atom stereocenters. The maximum Gasteiger partial charge on any atom is 0.231 e. The molecule has 6 nitrogen and oxygen atoms in total. The number of benzene rings is 1. The van der Waals surface area contributed by atoms with E-state index in [1.807, 2.05) is 12.1 Å². The second-order valence-corrected chi connectivity index (χ2v) is 6.48. The number of carbonyl (C=O) groups is 1. The molecule has 1 saturated heterocycles. The zero-order valence-electron chi connectivity index (χ0n) is 12.9. The summed E-state index contributed by atoms with van der Waals surface area (Å²) in [6.07, 6.45) is 0.620. The number of ether oxygens (including phenoxy) is 1. The number of rotatable bonds is 3. The third kappa shape index (κ3) is 3.34. The molecule has 2 aliphatic rings. The summed E-state index contributed by atoms with van der Waals surface area (Å²) in [5.41, 5.74) is 6.63. The van der Waals surface area contributed by atoms with Crippen molar-refractivity contribution in [1.82, 2.24) is 4.90 Å². The van der Waals surface area contributed by atoms with Crippen LogP contribution in [0.2, 0.25) is 0 Å². The SMILES string of the molecule is CC1(O)COc2cc(N3CCN(CC(N)=O)CC3)ccc2C1. The van der Waals surface area contributed by atoms with Crippen LogP contribution >= 0.6 is 0 Å². The van der Waals surface area contributed by atoms with Gasteiger partial charge in [0.25, 0.3) is 0 Å². The summed E-state index contributed by atoms with van der Waals surface area (Å²) in [5.74, 6) is 0.589. The number of primary amides is 1. The molecule has 0 aromatic heterocycles. The molecule has 2 aliphatic heterocycles. The van der Waals surface area contributed by atoms with E-state index in [9.17, 15) is 9.90 Å². The molecule has 3 N–H and O–H groups in total. The fourth-order valence-corrected chi connectivity index (χ4v) is 3.10. The molecule has 1 atom stereocenters. The van der Waals surface area contributed by atoms with Crippen LogP contribution < -0.4 is 15.4 Å². The summed E-state index contributed by atoms with van der Waals surface area (Å²) in [5, 5.41) is 10.1. The van der Waals surface area contributed by atoms with Crippen molar-refractivity contribution in [1.29, 1.82) is 0 Å². The van der Waals surface area contributed by atoms with E-state index in [0.29, 0.717) is 19.6 Å². The van der Waals surface area contributed by atoms with Crippen LogP contribution in [0.5, 0.6) is 5.75 Å². The van der Waals surface area contributed by atoms with Crippen LogP contribution in [0.3, 0.4) is 0 Å². The fraction of sp³-hybridized carbons (Fsp3) is 0.562. The van der Waals surface area contributed by atoms with Gasteiger partial charge in [-0.3, -0.25) is 9.69 Å². The Hall–Kier alpha value is -1.79. The zero-order chi connectivity index (χ0) is 15.7. The first-order valence-electron chi connectivity index (χ1n) is 7.67. The number of piperazine rings is 1. The van der Waals surface area contributed by atoms with Gasteiger partial charge in [-0.05, 0) is 18.6 Å². The molecule has 0 spiro atoms. The zero-order valence-corrected chi connectivity index (χ0v) is 12.9. The van der Waals surface area contributed by atoms with E-state index < -0.39 is 5.60 Å². The van der Waals surface area contributed by atoms with Gasteiger partial charge in [0, 0.05) is 44.4 Å². The Morgan fingerprint density at radius 1 is 1.36 bits per heavy atom. The largest absolute Gasteiger partial charge is 0.490 e. The fourth-order valence-electron chi connectivity index (χ4n) is 3.10. The lowest BCUT2D eigenvalue weighted by molar-refractivity contribution is -0.119. The molecule has 0 saturated carbocycles. The van der Waals surface area contributed by atoms with Crippen LogP contribution in [0.4, 0.5) is 5.69 Å². The molecule has 0 radical (unpaired) electrons. The van der Waals surface area contributed by atoms with Gasteiger partial charge in [-0.15, -0.1) is 0 Å². The number of amides is 1. The molecule has 0 bridgehead atoms. The molecular weight excluding hydrogens is 282 g/mol. The third-order valence-corrected chi connectivity index (χ3v) is 4.28. The van der Waals surface area contributed by atoms with Gasteiger partial charge in [-0.1, -0.05) is 6.07 Å². The Kier molecular flexibility index (Phi) is 3.97. The van der Waals surface area contributed by atoms with Crippen molar-refractivity contribution >= 4 is 11.6 Å². The molecule has 2 heterocycles. The van der Waals surface area contributed by atoms with E-state index >= 15 is 0 Å². The monoisotopic (exact) mass is 305 g/mol. The Labute approximate surface area is 130 Å². The average Bonchev–Trinajstić information content (AvgIpc) is 2.46. The third-order valence-electron chi connectivity index (χ3n) is 4.28. The van der Waals surface area contributed by atoms with E-state index in [-0.39, 0.29) is 5.91 Å². The molecule has 3 rings (SSSR count).